The van der Waals surface area contributed by atoms with Crippen molar-refractivity contribution in [2.45, 2.75) is 38.7 Å². The Kier molecular flexibility index (Phi) is 5.75. The largest absolute Gasteiger partial charge is 0.393 e. The van der Waals surface area contributed by atoms with Crippen LogP contribution in [0.4, 0.5) is 0 Å². The third kappa shape index (κ3) is 5.80. The van der Waals surface area contributed by atoms with E-state index in [1.54, 1.807) is 6.08 Å². The maximum Gasteiger partial charge on any atom is 0.139 e. The smallest absolute Gasteiger partial charge is 0.139 e. The normalized spacial score (nSPS) is 12.5. The maximum atomic E-state index is 10.9. The molecular formula is C9H16O2. The van der Waals surface area contributed by atoms with E-state index in [0.717, 1.165) is 6.42 Å². The van der Waals surface area contributed by atoms with Crippen LogP contribution in [-0.4, -0.2) is 17.0 Å². The summed E-state index contributed by atoms with van der Waals surface area (Å²) in [4.78, 5) is 10.9. The van der Waals surface area contributed by atoms with Crippen molar-refractivity contribution in [3.05, 3.63) is 12.7 Å². The molecule has 0 radical (unpaired) electrons. The molecule has 1 unspecified atom stereocenters. The number of Topliss-reactive ketones (excluding diaryl/α,β-unsaturated/α-hetero) is 1. The van der Waals surface area contributed by atoms with Gasteiger partial charge in [0.15, 0.2) is 0 Å². The molecule has 0 aromatic heterocycles. The molecule has 1 atom stereocenters. The molecule has 1 N–H and O–H groups in total. The summed E-state index contributed by atoms with van der Waals surface area (Å²) in [6.07, 6.45) is 3.40. The average molecular weight is 156 g/mol. The number of carbonyl (C=O) groups excluding carboxylic acids is 1. The summed E-state index contributed by atoms with van der Waals surface area (Å²) < 4.78 is 0. The molecule has 0 bridgehead atoms. The highest BCUT2D eigenvalue weighted by Crippen LogP contribution is 2.03. The molecule has 11 heavy (non-hydrogen) atoms. The number of aliphatic hydroxyl groups excluding tert-OH is 1. The van der Waals surface area contributed by atoms with E-state index >= 15 is 0 Å². The summed E-state index contributed by atoms with van der Waals surface area (Å²) >= 11 is 0. The van der Waals surface area contributed by atoms with E-state index in [1.165, 1.54) is 0 Å². The fraction of sp³-hybridized carbons (Fsp3) is 0.667. The molecule has 2 nitrogen and oxygen atoms in total. The zero-order valence-corrected chi connectivity index (χ0v) is 7.05. The summed E-state index contributed by atoms with van der Waals surface area (Å²) in [6, 6.07) is 0. The number of allylic oxidation sites excluding steroid dienone is 1. The van der Waals surface area contributed by atoms with Crippen LogP contribution in [0.2, 0.25) is 0 Å². The van der Waals surface area contributed by atoms with Crippen LogP contribution in [0, 0.1) is 0 Å². The van der Waals surface area contributed by atoms with Gasteiger partial charge in [0.2, 0.25) is 0 Å². The molecule has 0 rings (SSSR count). The van der Waals surface area contributed by atoms with Crippen LogP contribution in [0.25, 0.3) is 0 Å². The minimum atomic E-state index is -0.451. The van der Waals surface area contributed by atoms with E-state index in [4.69, 9.17) is 0 Å². The van der Waals surface area contributed by atoms with Crippen LogP contribution >= 0.6 is 0 Å². The first-order valence-corrected chi connectivity index (χ1v) is 4.01. The fourth-order valence-corrected chi connectivity index (χ4v) is 0.942. The first-order chi connectivity index (χ1) is 5.20. The minimum Gasteiger partial charge on any atom is -0.393 e. The molecule has 0 aliphatic rings. The Morgan fingerprint density at radius 3 is 2.82 bits per heavy atom. The fourth-order valence-electron chi connectivity index (χ4n) is 0.942. The standard InChI is InChI=1S/C9H16O2/c1-3-5-8(10)7-9(11)6-4-2/h3,9,11H,1,4-7H2,2H3. The van der Waals surface area contributed by atoms with Gasteiger partial charge in [0, 0.05) is 12.8 Å². The lowest BCUT2D eigenvalue weighted by Gasteiger charge is -2.05. The molecule has 0 aromatic carbocycles. The van der Waals surface area contributed by atoms with Gasteiger partial charge in [-0.15, -0.1) is 6.58 Å². The lowest BCUT2D eigenvalue weighted by molar-refractivity contribution is -0.120. The number of aliphatic hydroxyl groups is 1. The molecule has 0 spiro atoms. The molecule has 0 aliphatic carbocycles. The Morgan fingerprint density at radius 1 is 1.73 bits per heavy atom. The number of rotatable bonds is 6. The Labute approximate surface area is 67.9 Å². The highest BCUT2D eigenvalue weighted by atomic mass is 16.3. The summed E-state index contributed by atoms with van der Waals surface area (Å²) in [6.45, 7) is 5.44. The van der Waals surface area contributed by atoms with Crippen molar-refractivity contribution in [2.24, 2.45) is 0 Å². The average Bonchev–Trinajstić information content (AvgIpc) is 1.87. The second kappa shape index (κ2) is 6.10. The molecule has 0 aliphatic heterocycles. The molecular weight excluding hydrogens is 140 g/mol. The van der Waals surface area contributed by atoms with Gasteiger partial charge in [0.1, 0.15) is 5.78 Å². The van der Waals surface area contributed by atoms with E-state index in [0.29, 0.717) is 12.8 Å². The topological polar surface area (TPSA) is 37.3 Å². The van der Waals surface area contributed by atoms with E-state index in [2.05, 4.69) is 6.58 Å². The van der Waals surface area contributed by atoms with E-state index in [-0.39, 0.29) is 12.2 Å². The third-order valence-corrected chi connectivity index (χ3v) is 1.46. The Balaban J connectivity index is 3.48. The van der Waals surface area contributed by atoms with Crippen LogP contribution in [-0.2, 0) is 4.79 Å². The quantitative estimate of drug-likeness (QED) is 0.594. The van der Waals surface area contributed by atoms with E-state index in [9.17, 15) is 9.90 Å². The van der Waals surface area contributed by atoms with Gasteiger partial charge >= 0.3 is 0 Å². The van der Waals surface area contributed by atoms with Crippen molar-refractivity contribution < 1.29 is 9.90 Å². The highest BCUT2D eigenvalue weighted by Gasteiger charge is 2.07. The van der Waals surface area contributed by atoms with Crippen LogP contribution in [0.5, 0.6) is 0 Å². The van der Waals surface area contributed by atoms with Crippen LogP contribution in [0.3, 0.4) is 0 Å². The lowest BCUT2D eigenvalue weighted by atomic mass is 10.1. The van der Waals surface area contributed by atoms with Crippen LogP contribution in [0.1, 0.15) is 32.6 Å². The minimum absolute atomic E-state index is 0.0703. The predicted molar refractivity (Wildman–Crippen MR) is 45.4 cm³/mol. The monoisotopic (exact) mass is 156 g/mol. The summed E-state index contributed by atoms with van der Waals surface area (Å²) in [5, 5.41) is 9.19. The summed E-state index contributed by atoms with van der Waals surface area (Å²) in [7, 11) is 0. The molecule has 0 fully saturated rings. The zero-order valence-electron chi connectivity index (χ0n) is 7.05. The molecule has 0 amide bonds. The predicted octanol–water partition coefficient (Wildman–Crippen LogP) is 1.68. The first-order valence-electron chi connectivity index (χ1n) is 4.01. The number of carbonyl (C=O) groups is 1. The highest BCUT2D eigenvalue weighted by molar-refractivity contribution is 5.80. The van der Waals surface area contributed by atoms with Crippen LogP contribution < -0.4 is 0 Å². The molecule has 0 aromatic rings. The SMILES string of the molecule is C=CCC(=O)CC(O)CCC. The third-order valence-electron chi connectivity index (χ3n) is 1.46. The number of hydrogen-bond acceptors (Lipinski definition) is 2. The first kappa shape index (κ1) is 10.4. The van der Waals surface area contributed by atoms with Gasteiger partial charge in [-0.25, -0.2) is 0 Å². The molecule has 0 saturated heterocycles. The van der Waals surface area contributed by atoms with Crippen molar-refractivity contribution in [3.63, 3.8) is 0 Å². The van der Waals surface area contributed by atoms with Gasteiger partial charge in [-0.05, 0) is 6.42 Å². The Bertz CT molecular complexity index is 130. The molecule has 0 heterocycles. The van der Waals surface area contributed by atoms with E-state index in [1.807, 2.05) is 6.92 Å². The van der Waals surface area contributed by atoms with Gasteiger partial charge in [-0.1, -0.05) is 19.4 Å². The number of hydrogen-bond donors (Lipinski definition) is 1. The molecule has 2 heteroatoms. The summed E-state index contributed by atoms with van der Waals surface area (Å²) in [5.41, 5.74) is 0. The zero-order chi connectivity index (χ0) is 8.69. The summed E-state index contributed by atoms with van der Waals surface area (Å²) in [5.74, 6) is 0.0703. The van der Waals surface area contributed by atoms with Crippen molar-refractivity contribution >= 4 is 5.78 Å². The second-order valence-electron chi connectivity index (χ2n) is 2.68. The van der Waals surface area contributed by atoms with Gasteiger partial charge < -0.3 is 5.11 Å². The number of ketones is 1. The van der Waals surface area contributed by atoms with Crippen LogP contribution in [0.15, 0.2) is 12.7 Å². The second-order valence-corrected chi connectivity index (χ2v) is 2.68. The molecule has 0 saturated carbocycles. The van der Waals surface area contributed by atoms with Crippen molar-refractivity contribution in [1.29, 1.82) is 0 Å². The van der Waals surface area contributed by atoms with Gasteiger partial charge in [-0.2, -0.15) is 0 Å². The van der Waals surface area contributed by atoms with Gasteiger partial charge in [0.05, 0.1) is 6.10 Å². The van der Waals surface area contributed by atoms with Crippen molar-refractivity contribution in [2.75, 3.05) is 0 Å². The van der Waals surface area contributed by atoms with E-state index < -0.39 is 6.10 Å². The molecule has 64 valence electrons. The Morgan fingerprint density at radius 2 is 2.36 bits per heavy atom. The lowest BCUT2D eigenvalue weighted by Crippen LogP contribution is -2.12. The van der Waals surface area contributed by atoms with Crippen molar-refractivity contribution in [3.8, 4) is 0 Å². The maximum absolute atomic E-state index is 10.9. The Hall–Kier alpha value is -0.630. The van der Waals surface area contributed by atoms with Crippen molar-refractivity contribution in [1.82, 2.24) is 0 Å². The van der Waals surface area contributed by atoms with Gasteiger partial charge in [0.25, 0.3) is 0 Å². The van der Waals surface area contributed by atoms with Gasteiger partial charge in [-0.3, -0.25) is 4.79 Å².